The number of thiophene rings is 1. The molecule has 2 heterocycles. The van der Waals surface area contributed by atoms with Gasteiger partial charge in [-0.2, -0.15) is 0 Å². The van der Waals surface area contributed by atoms with E-state index in [4.69, 9.17) is 4.74 Å². The topological polar surface area (TPSA) is 110 Å². The lowest BCUT2D eigenvalue weighted by atomic mass is 9.87. The van der Waals surface area contributed by atoms with Gasteiger partial charge in [-0.3, -0.25) is 19.2 Å². The van der Waals surface area contributed by atoms with Gasteiger partial charge in [0, 0.05) is 4.88 Å². The summed E-state index contributed by atoms with van der Waals surface area (Å²) >= 11 is 0.975. The Balaban J connectivity index is 1.64. The van der Waals surface area contributed by atoms with Crippen molar-refractivity contribution in [3.63, 3.8) is 0 Å². The van der Waals surface area contributed by atoms with Crippen LogP contribution in [0.15, 0.2) is 59.5 Å². The van der Waals surface area contributed by atoms with Gasteiger partial charge in [-0.15, -0.1) is 11.3 Å². The Bertz CT molecular complexity index is 1420. The summed E-state index contributed by atoms with van der Waals surface area (Å²) in [5.41, 5.74) is 1.48. The Morgan fingerprint density at radius 3 is 2.11 bits per heavy atom. The molecular weight excluding hydrogens is 500 g/mol. The van der Waals surface area contributed by atoms with Crippen molar-refractivity contribution in [2.24, 2.45) is 0 Å². The predicted molar refractivity (Wildman–Crippen MR) is 137 cm³/mol. The molecule has 3 aromatic rings. The molecule has 8 nitrogen and oxygen atoms in total. The van der Waals surface area contributed by atoms with Crippen LogP contribution in [0.5, 0.6) is 0 Å². The van der Waals surface area contributed by atoms with Gasteiger partial charge in [-0.25, -0.2) is 13.2 Å². The maximum atomic E-state index is 13.1. The van der Waals surface area contributed by atoms with Crippen molar-refractivity contribution in [3.05, 3.63) is 81.7 Å². The van der Waals surface area contributed by atoms with Crippen LogP contribution >= 0.6 is 11.3 Å². The summed E-state index contributed by atoms with van der Waals surface area (Å²) in [5.74, 6) is -1.59. The lowest BCUT2D eigenvalue weighted by Crippen LogP contribution is -2.28. The minimum Gasteiger partial charge on any atom is -0.462 e. The summed E-state index contributed by atoms with van der Waals surface area (Å²) in [6.07, 6.45) is 0. The number of esters is 1. The first-order valence-corrected chi connectivity index (χ1v) is 13.6. The van der Waals surface area contributed by atoms with E-state index in [0.717, 1.165) is 21.8 Å². The third kappa shape index (κ3) is 4.91. The number of ether oxygens (including phenoxy) is 1. The summed E-state index contributed by atoms with van der Waals surface area (Å²) in [4.78, 5) is 39.7. The molecule has 0 atom stereocenters. The number of fused-ring (bicyclic) bond motifs is 1. The molecule has 0 fully saturated rings. The van der Waals surface area contributed by atoms with E-state index in [0.29, 0.717) is 16.0 Å². The van der Waals surface area contributed by atoms with Crippen LogP contribution in [0.1, 0.15) is 69.2 Å². The van der Waals surface area contributed by atoms with E-state index in [9.17, 15) is 22.8 Å². The monoisotopic (exact) mass is 526 g/mol. The molecular formula is C26H26N2O6S2. The molecule has 36 heavy (non-hydrogen) atoms. The van der Waals surface area contributed by atoms with E-state index >= 15 is 0 Å². The average molecular weight is 527 g/mol. The van der Waals surface area contributed by atoms with Crippen LogP contribution < -0.4 is 4.72 Å². The highest BCUT2D eigenvalue weighted by atomic mass is 32.2. The first kappa shape index (κ1) is 25.6. The summed E-state index contributed by atoms with van der Waals surface area (Å²) in [7, 11) is -4.02. The first-order chi connectivity index (χ1) is 16.9. The van der Waals surface area contributed by atoms with Crippen LogP contribution in [-0.2, 0) is 26.7 Å². The fourth-order valence-corrected chi connectivity index (χ4v) is 6.16. The minimum absolute atomic E-state index is 0.0170. The molecule has 0 saturated carbocycles. The Labute approximate surface area is 213 Å². The molecule has 10 heteroatoms. The summed E-state index contributed by atoms with van der Waals surface area (Å²) in [6, 6.07) is 14.5. The summed E-state index contributed by atoms with van der Waals surface area (Å²) in [6.45, 7) is 7.73. The lowest BCUT2D eigenvalue weighted by molar-refractivity contribution is 0.0527. The fraction of sp³-hybridized carbons (Fsp3) is 0.269. The SMILES string of the molecule is CCOC(=O)c1cc(CN2C(=O)c3ccccc3C2=O)sc1NS(=O)(=O)c1ccc(C(C)(C)C)cc1. The molecule has 0 spiro atoms. The number of imide groups is 1. The van der Waals surface area contributed by atoms with E-state index in [-0.39, 0.29) is 34.0 Å². The van der Waals surface area contributed by atoms with Gasteiger partial charge >= 0.3 is 5.97 Å². The molecule has 188 valence electrons. The van der Waals surface area contributed by atoms with E-state index in [1.54, 1.807) is 43.3 Å². The van der Waals surface area contributed by atoms with Crippen LogP contribution in [0.2, 0.25) is 0 Å². The van der Waals surface area contributed by atoms with Gasteiger partial charge in [0.2, 0.25) is 0 Å². The second-order valence-corrected chi connectivity index (χ2v) is 12.1. The summed E-state index contributed by atoms with van der Waals surface area (Å²) in [5, 5.41) is 0.0555. The van der Waals surface area contributed by atoms with Crippen LogP contribution in [0.3, 0.4) is 0 Å². The fourth-order valence-electron chi connectivity index (χ4n) is 3.81. The zero-order chi connectivity index (χ0) is 26.3. The Kier molecular flexibility index (Phi) is 6.76. The van der Waals surface area contributed by atoms with Gasteiger partial charge < -0.3 is 4.74 Å². The number of sulfonamides is 1. The number of carbonyl (C=O) groups excluding carboxylic acids is 3. The van der Waals surface area contributed by atoms with E-state index in [2.05, 4.69) is 4.72 Å². The molecule has 1 aliphatic rings. The van der Waals surface area contributed by atoms with Gasteiger partial charge in [0.1, 0.15) is 5.00 Å². The van der Waals surface area contributed by atoms with Crippen LogP contribution in [-0.4, -0.2) is 37.7 Å². The third-order valence-electron chi connectivity index (χ3n) is 5.73. The highest BCUT2D eigenvalue weighted by molar-refractivity contribution is 7.93. The van der Waals surface area contributed by atoms with Crippen LogP contribution in [0.25, 0.3) is 0 Å². The zero-order valence-corrected chi connectivity index (χ0v) is 22.0. The van der Waals surface area contributed by atoms with Crippen molar-refractivity contribution >= 4 is 44.1 Å². The molecule has 1 aromatic heterocycles. The van der Waals surface area contributed by atoms with Gasteiger partial charge in [0.15, 0.2) is 0 Å². The van der Waals surface area contributed by atoms with Gasteiger partial charge in [-0.1, -0.05) is 45.0 Å². The molecule has 2 aromatic carbocycles. The van der Waals surface area contributed by atoms with Gasteiger partial charge in [0.25, 0.3) is 21.8 Å². The number of carbonyl (C=O) groups is 3. The quantitative estimate of drug-likeness (QED) is 0.349. The smallest absolute Gasteiger partial charge is 0.341 e. The Morgan fingerprint density at radius 1 is 1.00 bits per heavy atom. The van der Waals surface area contributed by atoms with Gasteiger partial charge in [-0.05, 0) is 48.2 Å². The number of anilines is 1. The van der Waals surface area contributed by atoms with Crippen molar-refractivity contribution in [2.75, 3.05) is 11.3 Å². The Morgan fingerprint density at radius 2 is 1.58 bits per heavy atom. The van der Waals surface area contributed by atoms with Gasteiger partial charge in [0.05, 0.1) is 34.7 Å². The van der Waals surface area contributed by atoms with E-state index < -0.39 is 27.8 Å². The molecule has 0 radical (unpaired) electrons. The third-order valence-corrected chi connectivity index (χ3v) is 8.26. The normalized spacial score (nSPS) is 13.6. The molecule has 2 amide bonds. The number of rotatable bonds is 7. The maximum absolute atomic E-state index is 13.1. The van der Waals surface area contributed by atoms with Crippen molar-refractivity contribution in [1.82, 2.24) is 4.90 Å². The Hall–Kier alpha value is -3.50. The highest BCUT2D eigenvalue weighted by Crippen LogP contribution is 2.34. The van der Waals surface area contributed by atoms with Crippen molar-refractivity contribution in [2.45, 2.75) is 44.6 Å². The second kappa shape index (κ2) is 9.51. The minimum atomic E-state index is -4.02. The molecule has 1 N–H and O–H groups in total. The predicted octanol–water partition coefficient (Wildman–Crippen LogP) is 4.82. The zero-order valence-electron chi connectivity index (χ0n) is 20.3. The lowest BCUT2D eigenvalue weighted by Gasteiger charge is -2.19. The highest BCUT2D eigenvalue weighted by Gasteiger charge is 2.36. The molecule has 0 bridgehead atoms. The average Bonchev–Trinajstić information content (AvgIpc) is 3.33. The maximum Gasteiger partial charge on any atom is 0.341 e. The van der Waals surface area contributed by atoms with Crippen LogP contribution in [0.4, 0.5) is 5.00 Å². The second-order valence-electron chi connectivity index (χ2n) is 9.30. The number of nitrogens with zero attached hydrogens (tertiary/aromatic N) is 1. The molecule has 0 unspecified atom stereocenters. The number of benzene rings is 2. The summed E-state index contributed by atoms with van der Waals surface area (Å²) < 4.78 is 33.8. The first-order valence-electron chi connectivity index (χ1n) is 11.3. The number of amides is 2. The van der Waals surface area contributed by atoms with Crippen LogP contribution in [0, 0.1) is 0 Å². The van der Waals surface area contributed by atoms with Crippen molar-refractivity contribution in [3.8, 4) is 0 Å². The number of nitrogens with one attached hydrogen (secondary N) is 1. The molecule has 0 saturated heterocycles. The van der Waals surface area contributed by atoms with E-state index in [1.807, 2.05) is 20.8 Å². The number of hydrogen-bond acceptors (Lipinski definition) is 7. The molecule has 4 rings (SSSR count). The van der Waals surface area contributed by atoms with E-state index in [1.165, 1.54) is 18.2 Å². The largest absolute Gasteiger partial charge is 0.462 e. The van der Waals surface area contributed by atoms with Crippen molar-refractivity contribution < 1.29 is 27.5 Å². The molecule has 0 aliphatic carbocycles. The molecule has 1 aliphatic heterocycles. The number of hydrogen-bond donors (Lipinski definition) is 1. The standard InChI is InChI=1S/C26H26N2O6S2/c1-5-34-25(31)21-14-17(15-28-23(29)19-8-6-7-9-20(19)24(28)30)35-22(21)27-36(32,33)18-12-10-16(11-13-18)26(2,3)4/h6-14,27H,5,15H2,1-4H3. The van der Waals surface area contributed by atoms with Crippen molar-refractivity contribution in [1.29, 1.82) is 0 Å².